The predicted molar refractivity (Wildman–Crippen MR) is 65.9 cm³/mol. The zero-order valence-electron chi connectivity index (χ0n) is 11.2. The maximum absolute atomic E-state index is 11.8. The lowest BCUT2D eigenvalue weighted by Crippen LogP contribution is -2.41. The number of aliphatic carboxylic acids is 1. The monoisotopic (exact) mass is 284 g/mol. The van der Waals surface area contributed by atoms with Gasteiger partial charge < -0.3 is 15.2 Å². The van der Waals surface area contributed by atoms with E-state index in [1.165, 1.54) is 7.11 Å². The molecule has 0 aliphatic heterocycles. The summed E-state index contributed by atoms with van der Waals surface area (Å²) < 4.78 is 4.41. The van der Waals surface area contributed by atoms with Crippen molar-refractivity contribution in [1.82, 2.24) is 20.5 Å². The molecule has 20 heavy (non-hydrogen) atoms. The van der Waals surface area contributed by atoms with Crippen LogP contribution in [0.2, 0.25) is 0 Å². The summed E-state index contributed by atoms with van der Waals surface area (Å²) in [5.41, 5.74) is 0. The standard InChI is InChI=1S/C11H16N4O5/c1-3-7-13-9(15-14-7)10(17)12-6(11(18)19)4-5-8(16)20-2/h6H,3-5H2,1-2H3,(H,12,17)(H,18,19)(H,13,14,15)/t6-/m0/s1. The molecule has 0 aromatic carbocycles. The number of nitrogens with one attached hydrogen (secondary N) is 2. The highest BCUT2D eigenvalue weighted by Gasteiger charge is 2.23. The number of carboxylic acid groups (broad SMARTS) is 1. The van der Waals surface area contributed by atoms with E-state index in [0.29, 0.717) is 12.2 Å². The van der Waals surface area contributed by atoms with Gasteiger partial charge in [0, 0.05) is 12.8 Å². The van der Waals surface area contributed by atoms with Crippen LogP contribution >= 0.6 is 0 Å². The van der Waals surface area contributed by atoms with E-state index in [1.54, 1.807) is 0 Å². The molecule has 110 valence electrons. The summed E-state index contributed by atoms with van der Waals surface area (Å²) in [5.74, 6) is -2.11. The molecule has 0 aliphatic rings. The molecule has 9 nitrogen and oxygen atoms in total. The van der Waals surface area contributed by atoms with Gasteiger partial charge in [-0.15, -0.1) is 5.10 Å². The molecule has 9 heteroatoms. The quantitative estimate of drug-likeness (QED) is 0.574. The number of hydrogen-bond donors (Lipinski definition) is 3. The molecule has 0 bridgehead atoms. The molecule has 0 saturated heterocycles. The Hall–Kier alpha value is -2.45. The van der Waals surface area contributed by atoms with E-state index in [9.17, 15) is 14.4 Å². The zero-order valence-corrected chi connectivity index (χ0v) is 11.2. The SMILES string of the molecule is CCc1nc(C(=O)N[C@@H](CCC(=O)OC)C(=O)O)n[nH]1. The van der Waals surface area contributed by atoms with Crippen molar-refractivity contribution in [3.63, 3.8) is 0 Å². The van der Waals surface area contributed by atoms with Gasteiger partial charge in [-0.25, -0.2) is 9.78 Å². The Kier molecular flexibility index (Phi) is 5.63. The maximum Gasteiger partial charge on any atom is 0.326 e. The van der Waals surface area contributed by atoms with Gasteiger partial charge in [0.15, 0.2) is 0 Å². The Morgan fingerprint density at radius 1 is 1.45 bits per heavy atom. The number of aromatic amines is 1. The number of aryl methyl sites for hydroxylation is 1. The Morgan fingerprint density at radius 2 is 2.15 bits per heavy atom. The van der Waals surface area contributed by atoms with Gasteiger partial charge in [-0.05, 0) is 6.42 Å². The summed E-state index contributed by atoms with van der Waals surface area (Å²) in [4.78, 5) is 37.6. The molecular weight excluding hydrogens is 268 g/mol. The van der Waals surface area contributed by atoms with Crippen molar-refractivity contribution >= 4 is 17.8 Å². The van der Waals surface area contributed by atoms with E-state index in [0.717, 1.165) is 0 Å². The lowest BCUT2D eigenvalue weighted by Gasteiger charge is -2.12. The van der Waals surface area contributed by atoms with Gasteiger partial charge in [0.05, 0.1) is 7.11 Å². The van der Waals surface area contributed by atoms with Crippen LogP contribution in [-0.2, 0) is 20.7 Å². The minimum Gasteiger partial charge on any atom is -0.480 e. The van der Waals surface area contributed by atoms with Gasteiger partial charge in [-0.3, -0.25) is 14.7 Å². The van der Waals surface area contributed by atoms with Crippen molar-refractivity contribution in [3.8, 4) is 0 Å². The highest BCUT2D eigenvalue weighted by Crippen LogP contribution is 2.01. The second-order valence-corrected chi connectivity index (χ2v) is 3.94. The summed E-state index contributed by atoms with van der Waals surface area (Å²) in [6.45, 7) is 1.83. The van der Waals surface area contributed by atoms with E-state index in [1.807, 2.05) is 6.92 Å². The maximum atomic E-state index is 11.8. The van der Waals surface area contributed by atoms with E-state index < -0.39 is 23.9 Å². The highest BCUT2D eigenvalue weighted by molar-refractivity contribution is 5.93. The number of hydrogen-bond acceptors (Lipinski definition) is 6. The summed E-state index contributed by atoms with van der Waals surface area (Å²) in [5, 5.41) is 17.5. The normalized spacial score (nSPS) is 11.7. The predicted octanol–water partition coefficient (Wildman–Crippen LogP) is -0.497. The zero-order chi connectivity index (χ0) is 15.1. The van der Waals surface area contributed by atoms with Crippen LogP contribution in [0.3, 0.4) is 0 Å². The number of carboxylic acids is 1. The molecule has 0 fully saturated rings. The molecule has 0 radical (unpaired) electrons. The van der Waals surface area contributed by atoms with Crippen LogP contribution in [0.5, 0.6) is 0 Å². The van der Waals surface area contributed by atoms with Crippen molar-refractivity contribution < 1.29 is 24.2 Å². The Bertz CT molecular complexity index is 499. The van der Waals surface area contributed by atoms with Crippen LogP contribution in [0.15, 0.2) is 0 Å². The molecule has 3 N–H and O–H groups in total. The van der Waals surface area contributed by atoms with Gasteiger partial charge >= 0.3 is 11.9 Å². The van der Waals surface area contributed by atoms with E-state index in [2.05, 4.69) is 25.2 Å². The number of amides is 1. The molecule has 1 aromatic rings. The number of carbonyl (C=O) groups is 3. The first kappa shape index (κ1) is 15.6. The van der Waals surface area contributed by atoms with Crippen molar-refractivity contribution in [3.05, 3.63) is 11.6 Å². The third-order valence-electron chi connectivity index (χ3n) is 2.54. The van der Waals surface area contributed by atoms with Gasteiger partial charge in [0.2, 0.25) is 5.82 Å². The molecule has 0 aliphatic carbocycles. The smallest absolute Gasteiger partial charge is 0.326 e. The minimum absolute atomic E-state index is 0.0706. The Labute approximate surface area is 114 Å². The molecule has 1 atom stereocenters. The lowest BCUT2D eigenvalue weighted by atomic mass is 10.1. The average Bonchev–Trinajstić information content (AvgIpc) is 2.91. The lowest BCUT2D eigenvalue weighted by molar-refractivity contribution is -0.142. The molecule has 0 saturated carbocycles. The van der Waals surface area contributed by atoms with Gasteiger partial charge in [-0.1, -0.05) is 6.92 Å². The Morgan fingerprint density at radius 3 is 2.65 bits per heavy atom. The second-order valence-electron chi connectivity index (χ2n) is 3.94. The van der Waals surface area contributed by atoms with Crippen LogP contribution in [0.4, 0.5) is 0 Å². The largest absolute Gasteiger partial charge is 0.480 e. The van der Waals surface area contributed by atoms with Crippen molar-refractivity contribution in [1.29, 1.82) is 0 Å². The number of ether oxygens (including phenoxy) is 1. The van der Waals surface area contributed by atoms with Crippen LogP contribution in [0, 0.1) is 0 Å². The van der Waals surface area contributed by atoms with Crippen LogP contribution < -0.4 is 5.32 Å². The number of aromatic nitrogens is 3. The van der Waals surface area contributed by atoms with Crippen LogP contribution in [-0.4, -0.2) is 51.3 Å². The fraction of sp³-hybridized carbons (Fsp3) is 0.545. The second kappa shape index (κ2) is 7.22. The summed E-state index contributed by atoms with van der Waals surface area (Å²) in [6.07, 6.45) is 0.395. The van der Waals surface area contributed by atoms with Crippen molar-refractivity contribution in [2.24, 2.45) is 0 Å². The van der Waals surface area contributed by atoms with Crippen molar-refractivity contribution in [2.75, 3.05) is 7.11 Å². The van der Waals surface area contributed by atoms with Crippen LogP contribution in [0.25, 0.3) is 0 Å². The number of methoxy groups -OCH3 is 1. The highest BCUT2D eigenvalue weighted by atomic mass is 16.5. The molecule has 1 aromatic heterocycles. The van der Waals surface area contributed by atoms with Gasteiger partial charge in [-0.2, -0.15) is 0 Å². The molecule has 1 heterocycles. The third-order valence-corrected chi connectivity index (χ3v) is 2.54. The average molecular weight is 284 g/mol. The topological polar surface area (TPSA) is 134 Å². The van der Waals surface area contributed by atoms with Crippen molar-refractivity contribution in [2.45, 2.75) is 32.2 Å². The summed E-state index contributed by atoms with van der Waals surface area (Å²) in [6, 6.07) is -1.20. The van der Waals surface area contributed by atoms with E-state index >= 15 is 0 Å². The first-order valence-corrected chi connectivity index (χ1v) is 5.99. The molecule has 0 unspecified atom stereocenters. The van der Waals surface area contributed by atoms with Crippen LogP contribution in [0.1, 0.15) is 36.2 Å². The number of H-pyrrole nitrogens is 1. The third kappa shape index (κ3) is 4.34. The Balaban J connectivity index is 2.63. The van der Waals surface area contributed by atoms with Gasteiger partial charge in [0.1, 0.15) is 11.9 Å². The number of rotatable bonds is 7. The first-order valence-electron chi connectivity index (χ1n) is 5.99. The fourth-order valence-electron chi connectivity index (χ4n) is 1.40. The summed E-state index contributed by atoms with van der Waals surface area (Å²) >= 11 is 0. The molecule has 1 amide bonds. The number of esters is 1. The number of nitrogens with zero attached hydrogens (tertiary/aromatic N) is 2. The molecule has 1 rings (SSSR count). The first-order chi connectivity index (χ1) is 9.47. The number of carbonyl (C=O) groups excluding carboxylic acids is 2. The fourth-order valence-corrected chi connectivity index (χ4v) is 1.40. The molecular formula is C11H16N4O5. The molecule has 0 spiro atoms. The summed E-state index contributed by atoms with van der Waals surface area (Å²) in [7, 11) is 1.20. The van der Waals surface area contributed by atoms with E-state index in [4.69, 9.17) is 5.11 Å². The van der Waals surface area contributed by atoms with E-state index in [-0.39, 0.29) is 18.7 Å². The van der Waals surface area contributed by atoms with Gasteiger partial charge in [0.25, 0.3) is 5.91 Å². The minimum atomic E-state index is -1.24.